The van der Waals surface area contributed by atoms with E-state index in [1.807, 2.05) is 0 Å². The molecule has 1 aromatic carbocycles. The van der Waals surface area contributed by atoms with E-state index in [2.05, 4.69) is 5.32 Å². The lowest BCUT2D eigenvalue weighted by atomic mass is 10.2. The number of likely N-dealkylation sites (N-methyl/N-ethyl adjacent to an activating group) is 1. The van der Waals surface area contributed by atoms with Crippen molar-refractivity contribution in [2.75, 3.05) is 20.1 Å². The quantitative estimate of drug-likeness (QED) is 0.653. The van der Waals surface area contributed by atoms with Crippen LogP contribution in [0.4, 0.5) is 5.69 Å². The van der Waals surface area contributed by atoms with Crippen LogP contribution in [0.25, 0.3) is 0 Å². The van der Waals surface area contributed by atoms with Crippen molar-refractivity contribution in [3.05, 3.63) is 33.9 Å². The van der Waals surface area contributed by atoms with Gasteiger partial charge in [-0.2, -0.15) is 4.31 Å². The third-order valence-corrected chi connectivity index (χ3v) is 5.68. The predicted octanol–water partition coefficient (Wildman–Crippen LogP) is 1.28. The average Bonchev–Trinajstić information content (AvgIpc) is 2.87. The molecule has 1 N–H and O–H groups in total. The molecule has 0 radical (unpaired) electrons. The minimum absolute atomic E-state index is 0.0597. The Hall–Kier alpha value is -1.51. The third kappa shape index (κ3) is 3.07. The van der Waals surface area contributed by atoms with Crippen LogP contribution in [0.3, 0.4) is 0 Å². The standard InChI is InChI=1S/C13H19N3O4S/c1-10-8-12(5-6-13(10)16(17)18)21(19,20)15-7-3-4-11(15)9-14-2/h5-6,8,11,14H,3-4,7,9H2,1-2H3. The zero-order chi connectivity index (χ0) is 15.6. The van der Waals surface area contributed by atoms with E-state index < -0.39 is 14.9 Å². The molecule has 0 bridgehead atoms. The number of nitrogens with one attached hydrogen (secondary N) is 1. The van der Waals surface area contributed by atoms with Crippen molar-refractivity contribution in [3.63, 3.8) is 0 Å². The molecule has 0 amide bonds. The van der Waals surface area contributed by atoms with E-state index in [1.165, 1.54) is 22.5 Å². The minimum atomic E-state index is -3.60. The highest BCUT2D eigenvalue weighted by Gasteiger charge is 2.35. The van der Waals surface area contributed by atoms with Crippen LogP contribution in [0.1, 0.15) is 18.4 Å². The van der Waals surface area contributed by atoms with Gasteiger partial charge in [-0.15, -0.1) is 0 Å². The number of sulfonamides is 1. The lowest BCUT2D eigenvalue weighted by Crippen LogP contribution is -2.40. The summed E-state index contributed by atoms with van der Waals surface area (Å²) in [6.45, 7) is 2.64. The van der Waals surface area contributed by atoms with Crippen molar-refractivity contribution >= 4 is 15.7 Å². The Morgan fingerprint density at radius 2 is 2.19 bits per heavy atom. The van der Waals surface area contributed by atoms with Crippen LogP contribution >= 0.6 is 0 Å². The number of aryl methyl sites for hydroxylation is 1. The average molecular weight is 313 g/mol. The van der Waals surface area contributed by atoms with E-state index in [9.17, 15) is 18.5 Å². The molecular weight excluding hydrogens is 294 g/mol. The molecule has 0 saturated carbocycles. The second-order valence-corrected chi connectivity index (χ2v) is 7.07. The Morgan fingerprint density at radius 1 is 1.48 bits per heavy atom. The first-order valence-corrected chi connectivity index (χ1v) is 8.23. The predicted molar refractivity (Wildman–Crippen MR) is 78.7 cm³/mol. The van der Waals surface area contributed by atoms with Gasteiger partial charge in [0, 0.05) is 30.8 Å². The van der Waals surface area contributed by atoms with Gasteiger partial charge >= 0.3 is 0 Å². The number of nitrogens with zero attached hydrogens (tertiary/aromatic N) is 2. The van der Waals surface area contributed by atoms with E-state index in [-0.39, 0.29) is 16.6 Å². The first-order chi connectivity index (χ1) is 9.87. The topological polar surface area (TPSA) is 92.6 Å². The lowest BCUT2D eigenvalue weighted by molar-refractivity contribution is -0.385. The van der Waals surface area contributed by atoms with Gasteiger partial charge in [0.25, 0.3) is 5.69 Å². The fraction of sp³-hybridized carbons (Fsp3) is 0.538. The van der Waals surface area contributed by atoms with Crippen LogP contribution in [0, 0.1) is 17.0 Å². The molecule has 1 fully saturated rings. The number of rotatable bonds is 5. The number of benzene rings is 1. The molecule has 1 unspecified atom stereocenters. The van der Waals surface area contributed by atoms with Crippen LogP contribution in [-0.2, 0) is 10.0 Å². The molecule has 8 heteroatoms. The Labute approximate surface area is 124 Å². The van der Waals surface area contributed by atoms with E-state index in [1.54, 1.807) is 14.0 Å². The van der Waals surface area contributed by atoms with E-state index in [4.69, 9.17) is 0 Å². The zero-order valence-corrected chi connectivity index (χ0v) is 12.9. The second kappa shape index (κ2) is 6.08. The number of nitro benzene ring substituents is 1. The summed E-state index contributed by atoms with van der Waals surface area (Å²) in [5, 5.41) is 13.8. The summed E-state index contributed by atoms with van der Waals surface area (Å²) in [4.78, 5) is 10.4. The highest BCUT2D eigenvalue weighted by Crippen LogP contribution is 2.28. The maximum absolute atomic E-state index is 12.7. The Kier molecular flexibility index (Phi) is 4.60. The SMILES string of the molecule is CNCC1CCCN1S(=O)(=O)c1ccc([N+](=O)[O-])c(C)c1. The lowest BCUT2D eigenvalue weighted by Gasteiger charge is -2.24. The van der Waals surface area contributed by atoms with Crippen LogP contribution in [0.2, 0.25) is 0 Å². The summed E-state index contributed by atoms with van der Waals surface area (Å²) in [6, 6.07) is 3.89. The molecule has 0 aliphatic carbocycles. The zero-order valence-electron chi connectivity index (χ0n) is 12.1. The number of hydrogen-bond donors (Lipinski definition) is 1. The van der Waals surface area contributed by atoms with Crippen molar-refractivity contribution in [2.24, 2.45) is 0 Å². The van der Waals surface area contributed by atoms with Crippen molar-refractivity contribution in [1.29, 1.82) is 0 Å². The van der Waals surface area contributed by atoms with E-state index >= 15 is 0 Å². The molecule has 21 heavy (non-hydrogen) atoms. The first-order valence-electron chi connectivity index (χ1n) is 6.79. The first kappa shape index (κ1) is 15.9. The van der Waals surface area contributed by atoms with E-state index in [0.29, 0.717) is 18.7 Å². The molecule has 116 valence electrons. The Bertz CT molecular complexity index is 645. The second-order valence-electron chi connectivity index (χ2n) is 5.17. The van der Waals surface area contributed by atoms with Gasteiger partial charge in [-0.1, -0.05) is 0 Å². The van der Waals surface area contributed by atoms with E-state index in [0.717, 1.165) is 12.8 Å². The molecule has 0 spiro atoms. The highest BCUT2D eigenvalue weighted by atomic mass is 32.2. The highest BCUT2D eigenvalue weighted by molar-refractivity contribution is 7.89. The monoisotopic (exact) mass is 313 g/mol. The largest absolute Gasteiger partial charge is 0.318 e. The fourth-order valence-corrected chi connectivity index (χ4v) is 4.47. The summed E-state index contributed by atoms with van der Waals surface area (Å²) in [7, 11) is -1.81. The number of hydrogen-bond acceptors (Lipinski definition) is 5. The molecule has 1 heterocycles. The van der Waals surface area contributed by atoms with Crippen LogP contribution < -0.4 is 5.32 Å². The van der Waals surface area contributed by atoms with Gasteiger partial charge in [0.05, 0.1) is 9.82 Å². The van der Waals surface area contributed by atoms with Gasteiger partial charge in [0.15, 0.2) is 0 Å². The minimum Gasteiger partial charge on any atom is -0.318 e. The molecule has 2 rings (SSSR count). The smallest absolute Gasteiger partial charge is 0.272 e. The molecule has 0 aromatic heterocycles. The van der Waals surface area contributed by atoms with Crippen LogP contribution in [-0.4, -0.2) is 43.8 Å². The molecule has 7 nitrogen and oxygen atoms in total. The fourth-order valence-electron chi connectivity index (χ4n) is 2.69. The van der Waals surface area contributed by atoms with Gasteiger partial charge in [0.2, 0.25) is 10.0 Å². The van der Waals surface area contributed by atoms with Crippen molar-refractivity contribution in [3.8, 4) is 0 Å². The van der Waals surface area contributed by atoms with Crippen LogP contribution in [0.5, 0.6) is 0 Å². The van der Waals surface area contributed by atoms with Crippen molar-refractivity contribution in [2.45, 2.75) is 30.7 Å². The van der Waals surface area contributed by atoms with Crippen molar-refractivity contribution in [1.82, 2.24) is 9.62 Å². The summed E-state index contributed by atoms with van der Waals surface area (Å²) >= 11 is 0. The molecule has 1 atom stereocenters. The van der Waals surface area contributed by atoms with Gasteiger partial charge in [-0.3, -0.25) is 10.1 Å². The van der Waals surface area contributed by atoms with Crippen molar-refractivity contribution < 1.29 is 13.3 Å². The molecular formula is C13H19N3O4S. The third-order valence-electron chi connectivity index (χ3n) is 3.73. The summed E-state index contributed by atoms with van der Waals surface area (Å²) in [5.74, 6) is 0. The Morgan fingerprint density at radius 3 is 2.76 bits per heavy atom. The van der Waals surface area contributed by atoms with Gasteiger partial charge < -0.3 is 5.32 Å². The number of nitro groups is 1. The molecule has 1 aromatic rings. The summed E-state index contributed by atoms with van der Waals surface area (Å²) < 4.78 is 26.9. The maximum Gasteiger partial charge on any atom is 0.272 e. The van der Waals surface area contributed by atoms with Gasteiger partial charge in [0.1, 0.15) is 0 Å². The molecule has 1 aliphatic heterocycles. The van der Waals surface area contributed by atoms with Crippen LogP contribution in [0.15, 0.2) is 23.1 Å². The van der Waals surface area contributed by atoms with Gasteiger partial charge in [-0.25, -0.2) is 8.42 Å². The summed E-state index contributed by atoms with van der Waals surface area (Å²) in [6.07, 6.45) is 1.66. The molecule has 1 aliphatic rings. The Balaban J connectivity index is 2.35. The summed E-state index contributed by atoms with van der Waals surface area (Å²) in [5.41, 5.74) is 0.285. The van der Waals surface area contributed by atoms with Gasteiger partial charge in [-0.05, 0) is 38.9 Å². The maximum atomic E-state index is 12.7. The molecule has 1 saturated heterocycles. The normalized spacial score (nSPS) is 19.8.